The van der Waals surface area contributed by atoms with Crippen molar-refractivity contribution in [2.24, 2.45) is 5.92 Å². The van der Waals surface area contributed by atoms with Crippen molar-refractivity contribution < 1.29 is 9.18 Å². The Balaban J connectivity index is 1.38. The van der Waals surface area contributed by atoms with E-state index in [-0.39, 0.29) is 11.8 Å². The average molecular weight is 376 g/mol. The van der Waals surface area contributed by atoms with E-state index in [1.165, 1.54) is 12.1 Å². The minimum absolute atomic E-state index is 0.255. The summed E-state index contributed by atoms with van der Waals surface area (Å²) in [5.74, 6) is 0.149. The summed E-state index contributed by atoms with van der Waals surface area (Å²) < 4.78 is 12.9. The summed E-state index contributed by atoms with van der Waals surface area (Å²) in [6, 6.07) is 13.4. The smallest absolute Gasteiger partial charge is 0.319 e. The molecule has 0 spiro atoms. The highest BCUT2D eigenvalue weighted by Gasteiger charge is 2.20. The number of amides is 2. The number of nitrogens with zero attached hydrogens (tertiary/aromatic N) is 1. The molecule has 0 saturated carbocycles. The minimum Gasteiger partial charge on any atom is -0.338 e. The number of likely N-dealkylation sites (tertiary alicyclic amines) is 1. The third-order valence-electron chi connectivity index (χ3n) is 4.71. The van der Waals surface area contributed by atoms with Crippen LogP contribution >= 0.6 is 11.6 Å². The van der Waals surface area contributed by atoms with Crippen LogP contribution in [0.15, 0.2) is 48.5 Å². The van der Waals surface area contributed by atoms with E-state index < -0.39 is 0 Å². The molecule has 0 atom stereocenters. The molecule has 138 valence electrons. The van der Waals surface area contributed by atoms with Crippen molar-refractivity contribution in [3.63, 3.8) is 0 Å². The van der Waals surface area contributed by atoms with Gasteiger partial charge < -0.3 is 10.6 Å². The molecule has 1 saturated heterocycles. The van der Waals surface area contributed by atoms with Gasteiger partial charge in [0, 0.05) is 23.8 Å². The maximum atomic E-state index is 12.9. The van der Waals surface area contributed by atoms with Gasteiger partial charge in [0.1, 0.15) is 5.82 Å². The first-order chi connectivity index (χ1) is 12.6. The molecule has 1 aliphatic heterocycles. The molecule has 2 aromatic rings. The number of rotatable bonds is 5. The number of nitrogens with one attached hydrogen (secondary N) is 2. The minimum atomic E-state index is -0.320. The van der Waals surface area contributed by atoms with Gasteiger partial charge in [-0.2, -0.15) is 0 Å². The molecule has 0 unspecified atom stereocenters. The van der Waals surface area contributed by atoms with Gasteiger partial charge in [0.15, 0.2) is 0 Å². The van der Waals surface area contributed by atoms with Gasteiger partial charge in [0.05, 0.1) is 0 Å². The number of hydrogen-bond donors (Lipinski definition) is 2. The standard InChI is InChI=1S/C20H23ClFN3O/c21-19-4-2-1-3-16(19)14-25-11-9-15(10-12-25)13-23-20(26)24-18-7-5-17(22)6-8-18/h1-8,15H,9-14H2,(H2,23,24,26). The van der Waals surface area contributed by atoms with E-state index in [0.717, 1.165) is 43.1 Å². The Kier molecular flexibility index (Phi) is 6.47. The largest absolute Gasteiger partial charge is 0.338 e. The first kappa shape index (κ1) is 18.7. The Hall–Kier alpha value is -2.11. The first-order valence-electron chi connectivity index (χ1n) is 8.86. The van der Waals surface area contributed by atoms with Crippen molar-refractivity contribution in [3.05, 3.63) is 64.9 Å². The number of benzene rings is 2. The summed E-state index contributed by atoms with van der Waals surface area (Å²) in [6.07, 6.45) is 2.09. The van der Waals surface area contributed by atoms with Crippen LogP contribution in [-0.2, 0) is 6.54 Å². The SMILES string of the molecule is O=C(NCC1CCN(Cc2ccccc2Cl)CC1)Nc1ccc(F)cc1. The molecule has 0 bridgehead atoms. The molecule has 1 heterocycles. The zero-order valence-electron chi connectivity index (χ0n) is 14.6. The number of piperidine rings is 1. The lowest BCUT2D eigenvalue weighted by Gasteiger charge is -2.32. The van der Waals surface area contributed by atoms with Crippen LogP contribution in [0.25, 0.3) is 0 Å². The van der Waals surface area contributed by atoms with Crippen LogP contribution in [0, 0.1) is 11.7 Å². The highest BCUT2D eigenvalue weighted by Crippen LogP contribution is 2.22. The van der Waals surface area contributed by atoms with Crippen LogP contribution in [0.3, 0.4) is 0 Å². The first-order valence-corrected chi connectivity index (χ1v) is 9.24. The zero-order valence-corrected chi connectivity index (χ0v) is 15.3. The molecule has 4 nitrogen and oxygen atoms in total. The van der Waals surface area contributed by atoms with Crippen LogP contribution in [0.4, 0.5) is 14.9 Å². The Morgan fingerprint density at radius 1 is 1.12 bits per heavy atom. The molecule has 2 amide bonds. The Morgan fingerprint density at radius 2 is 1.81 bits per heavy atom. The van der Waals surface area contributed by atoms with Crippen LogP contribution in [0.5, 0.6) is 0 Å². The van der Waals surface area contributed by atoms with E-state index >= 15 is 0 Å². The molecular weight excluding hydrogens is 353 g/mol. The Labute approximate surface area is 158 Å². The number of urea groups is 1. The van der Waals surface area contributed by atoms with E-state index in [4.69, 9.17) is 11.6 Å². The van der Waals surface area contributed by atoms with Crippen molar-refractivity contribution in [2.75, 3.05) is 25.0 Å². The highest BCUT2D eigenvalue weighted by atomic mass is 35.5. The van der Waals surface area contributed by atoms with Crippen molar-refractivity contribution >= 4 is 23.3 Å². The Bertz CT molecular complexity index is 730. The maximum absolute atomic E-state index is 12.9. The molecule has 2 aromatic carbocycles. The fourth-order valence-corrected chi connectivity index (χ4v) is 3.36. The van der Waals surface area contributed by atoms with Gasteiger partial charge in [-0.3, -0.25) is 4.90 Å². The maximum Gasteiger partial charge on any atom is 0.319 e. The van der Waals surface area contributed by atoms with Gasteiger partial charge in [0.2, 0.25) is 0 Å². The van der Waals surface area contributed by atoms with Crippen molar-refractivity contribution in [3.8, 4) is 0 Å². The molecule has 1 aliphatic rings. The predicted molar refractivity (Wildman–Crippen MR) is 103 cm³/mol. The quantitative estimate of drug-likeness (QED) is 0.807. The van der Waals surface area contributed by atoms with E-state index in [2.05, 4.69) is 21.6 Å². The number of anilines is 1. The summed E-state index contributed by atoms with van der Waals surface area (Å²) in [5.41, 5.74) is 1.74. The molecule has 26 heavy (non-hydrogen) atoms. The van der Waals surface area contributed by atoms with Gasteiger partial charge in [-0.15, -0.1) is 0 Å². The van der Waals surface area contributed by atoms with Crippen LogP contribution < -0.4 is 10.6 Å². The second-order valence-electron chi connectivity index (χ2n) is 6.65. The molecule has 6 heteroatoms. The number of halogens is 2. The summed E-state index contributed by atoms with van der Waals surface area (Å²) in [6.45, 7) is 3.51. The summed E-state index contributed by atoms with van der Waals surface area (Å²) in [7, 11) is 0. The van der Waals surface area contributed by atoms with E-state index in [9.17, 15) is 9.18 Å². The van der Waals surface area contributed by atoms with Crippen LogP contribution in [0.1, 0.15) is 18.4 Å². The second kappa shape index (κ2) is 9.01. The molecule has 0 aromatic heterocycles. The zero-order chi connectivity index (χ0) is 18.4. The lowest BCUT2D eigenvalue weighted by atomic mass is 9.96. The average Bonchev–Trinajstić information content (AvgIpc) is 2.65. The highest BCUT2D eigenvalue weighted by molar-refractivity contribution is 6.31. The molecule has 1 fully saturated rings. The van der Waals surface area contributed by atoms with Crippen molar-refractivity contribution in [1.82, 2.24) is 10.2 Å². The molecule has 2 N–H and O–H groups in total. The van der Waals surface area contributed by atoms with Crippen LogP contribution in [-0.4, -0.2) is 30.6 Å². The predicted octanol–water partition coefficient (Wildman–Crippen LogP) is 4.51. The van der Waals surface area contributed by atoms with E-state index in [1.54, 1.807) is 12.1 Å². The fraction of sp³-hybridized carbons (Fsp3) is 0.350. The monoisotopic (exact) mass is 375 g/mol. The molecule has 0 radical (unpaired) electrons. The van der Waals surface area contributed by atoms with Gasteiger partial charge in [-0.25, -0.2) is 9.18 Å². The molecule has 0 aliphatic carbocycles. The summed E-state index contributed by atoms with van der Waals surface area (Å²) in [5, 5.41) is 6.43. The van der Waals surface area contributed by atoms with Crippen molar-refractivity contribution in [1.29, 1.82) is 0 Å². The van der Waals surface area contributed by atoms with E-state index in [1.807, 2.05) is 18.2 Å². The second-order valence-corrected chi connectivity index (χ2v) is 7.06. The van der Waals surface area contributed by atoms with Gasteiger partial charge in [-0.05, 0) is 67.7 Å². The summed E-state index contributed by atoms with van der Waals surface area (Å²) in [4.78, 5) is 14.3. The molecule has 3 rings (SSSR count). The number of hydrogen-bond acceptors (Lipinski definition) is 2. The van der Waals surface area contributed by atoms with Gasteiger partial charge in [-0.1, -0.05) is 29.8 Å². The molecular formula is C20H23ClFN3O. The lowest BCUT2D eigenvalue weighted by Crippen LogP contribution is -2.39. The third-order valence-corrected chi connectivity index (χ3v) is 5.08. The Morgan fingerprint density at radius 3 is 2.50 bits per heavy atom. The topological polar surface area (TPSA) is 44.4 Å². The number of carbonyl (C=O) groups is 1. The normalized spacial score (nSPS) is 15.6. The third kappa shape index (κ3) is 5.44. The number of carbonyl (C=O) groups excluding carboxylic acids is 1. The fourth-order valence-electron chi connectivity index (χ4n) is 3.16. The van der Waals surface area contributed by atoms with Crippen LogP contribution in [0.2, 0.25) is 5.02 Å². The van der Waals surface area contributed by atoms with Crippen molar-refractivity contribution in [2.45, 2.75) is 19.4 Å². The summed E-state index contributed by atoms with van der Waals surface area (Å²) >= 11 is 6.23. The van der Waals surface area contributed by atoms with E-state index in [0.29, 0.717) is 18.2 Å². The van der Waals surface area contributed by atoms with Gasteiger partial charge >= 0.3 is 6.03 Å². The lowest BCUT2D eigenvalue weighted by molar-refractivity contribution is 0.176. The van der Waals surface area contributed by atoms with Gasteiger partial charge in [0.25, 0.3) is 0 Å².